The molecule has 7 nitrogen and oxygen atoms in total. The highest BCUT2D eigenvalue weighted by atomic mass is 32.2. The van der Waals surface area contributed by atoms with Crippen LogP contribution in [0, 0.1) is 6.92 Å². The number of carbonyl (C=O) groups is 1. The van der Waals surface area contributed by atoms with Crippen molar-refractivity contribution in [2.24, 2.45) is 5.14 Å². The number of amides is 1. The molecular formula is C17H28N4O3S. The van der Waals surface area contributed by atoms with E-state index < -0.39 is 10.2 Å². The van der Waals surface area contributed by atoms with E-state index in [1.807, 2.05) is 16.7 Å². The first-order chi connectivity index (χ1) is 11.8. The van der Waals surface area contributed by atoms with Crippen LogP contribution in [-0.4, -0.2) is 67.7 Å². The molecule has 0 aromatic heterocycles. The summed E-state index contributed by atoms with van der Waals surface area (Å²) in [6, 6.07) is 8.21. The van der Waals surface area contributed by atoms with Crippen molar-refractivity contribution in [1.82, 2.24) is 14.1 Å². The summed E-state index contributed by atoms with van der Waals surface area (Å²) in [6.07, 6.45) is 0.900. The van der Waals surface area contributed by atoms with Crippen molar-refractivity contribution in [2.75, 3.05) is 39.3 Å². The van der Waals surface area contributed by atoms with Crippen molar-refractivity contribution in [2.45, 2.75) is 26.8 Å². The standard InChI is InChI=1S/C17H28N4O3S/c1-3-8-20(13-16-6-4-15(2)5-7-16)17(22)14-19-9-11-21(12-10-19)25(18,23)24/h4-7H,3,8-14H2,1-2H3,(H2,18,23,24). The molecule has 25 heavy (non-hydrogen) atoms. The number of carbonyl (C=O) groups excluding carboxylic acids is 1. The summed E-state index contributed by atoms with van der Waals surface area (Å²) < 4.78 is 23.9. The predicted molar refractivity (Wildman–Crippen MR) is 98.0 cm³/mol. The second kappa shape index (κ2) is 8.75. The van der Waals surface area contributed by atoms with Gasteiger partial charge in [-0.3, -0.25) is 9.69 Å². The number of piperazine rings is 1. The van der Waals surface area contributed by atoms with E-state index in [1.165, 1.54) is 9.87 Å². The van der Waals surface area contributed by atoms with Crippen LogP contribution in [0.15, 0.2) is 24.3 Å². The molecule has 0 spiro atoms. The maximum atomic E-state index is 12.7. The SMILES string of the molecule is CCCN(Cc1ccc(C)cc1)C(=O)CN1CCN(S(N)(=O)=O)CC1. The number of hydrogen-bond acceptors (Lipinski definition) is 4. The van der Waals surface area contributed by atoms with Gasteiger partial charge >= 0.3 is 0 Å². The predicted octanol–water partition coefficient (Wildman–Crippen LogP) is 0.555. The molecule has 1 saturated heterocycles. The van der Waals surface area contributed by atoms with Crippen LogP contribution < -0.4 is 5.14 Å². The molecule has 1 aromatic carbocycles. The number of nitrogens with two attached hydrogens (primary N) is 1. The van der Waals surface area contributed by atoms with Crippen LogP contribution in [0.4, 0.5) is 0 Å². The lowest BCUT2D eigenvalue weighted by molar-refractivity contribution is -0.133. The zero-order valence-electron chi connectivity index (χ0n) is 15.0. The molecule has 8 heteroatoms. The van der Waals surface area contributed by atoms with Crippen molar-refractivity contribution in [3.05, 3.63) is 35.4 Å². The van der Waals surface area contributed by atoms with Crippen LogP contribution in [0.3, 0.4) is 0 Å². The minimum absolute atomic E-state index is 0.0754. The van der Waals surface area contributed by atoms with E-state index in [0.29, 0.717) is 45.8 Å². The van der Waals surface area contributed by atoms with Crippen molar-refractivity contribution < 1.29 is 13.2 Å². The number of nitrogens with zero attached hydrogens (tertiary/aromatic N) is 3. The fourth-order valence-corrected chi connectivity index (χ4v) is 3.58. The highest BCUT2D eigenvalue weighted by molar-refractivity contribution is 7.86. The van der Waals surface area contributed by atoms with E-state index in [2.05, 4.69) is 31.2 Å². The molecule has 0 bridgehead atoms. The second-order valence-electron chi connectivity index (χ2n) is 6.52. The highest BCUT2D eigenvalue weighted by Gasteiger charge is 2.26. The molecule has 2 rings (SSSR count). The normalized spacial score (nSPS) is 16.8. The van der Waals surface area contributed by atoms with E-state index >= 15 is 0 Å². The molecule has 1 aliphatic rings. The van der Waals surface area contributed by atoms with Crippen molar-refractivity contribution in [1.29, 1.82) is 0 Å². The summed E-state index contributed by atoms with van der Waals surface area (Å²) in [5.74, 6) is 0.0754. The Labute approximate surface area is 150 Å². The average Bonchev–Trinajstić information content (AvgIpc) is 2.56. The topological polar surface area (TPSA) is 86.9 Å². The first-order valence-electron chi connectivity index (χ1n) is 8.63. The lowest BCUT2D eigenvalue weighted by Gasteiger charge is -2.33. The average molecular weight is 369 g/mol. The highest BCUT2D eigenvalue weighted by Crippen LogP contribution is 2.10. The molecule has 0 saturated carbocycles. The van der Waals surface area contributed by atoms with E-state index in [9.17, 15) is 13.2 Å². The monoisotopic (exact) mass is 368 g/mol. The van der Waals surface area contributed by atoms with Gasteiger partial charge in [0.05, 0.1) is 6.54 Å². The summed E-state index contributed by atoms with van der Waals surface area (Å²) >= 11 is 0. The maximum Gasteiger partial charge on any atom is 0.276 e. The van der Waals surface area contributed by atoms with Gasteiger partial charge in [-0.05, 0) is 18.9 Å². The fourth-order valence-electron chi connectivity index (χ4n) is 2.91. The van der Waals surface area contributed by atoms with Crippen molar-refractivity contribution in [3.8, 4) is 0 Å². The third-order valence-corrected chi connectivity index (χ3v) is 5.48. The molecule has 1 aliphatic heterocycles. The molecule has 0 aliphatic carbocycles. The van der Waals surface area contributed by atoms with Gasteiger partial charge in [-0.2, -0.15) is 12.7 Å². The Hall–Kier alpha value is -1.48. The summed E-state index contributed by atoms with van der Waals surface area (Å²) in [6.45, 7) is 7.42. The Morgan fingerprint density at radius 3 is 2.28 bits per heavy atom. The minimum Gasteiger partial charge on any atom is -0.337 e. The molecule has 1 heterocycles. The Morgan fingerprint density at radius 1 is 1.16 bits per heavy atom. The van der Waals surface area contributed by atoms with Crippen LogP contribution in [0.2, 0.25) is 0 Å². The zero-order chi connectivity index (χ0) is 18.4. The number of hydrogen-bond donors (Lipinski definition) is 1. The van der Waals surface area contributed by atoms with Gasteiger partial charge in [0.1, 0.15) is 0 Å². The smallest absolute Gasteiger partial charge is 0.276 e. The summed E-state index contributed by atoms with van der Waals surface area (Å²) in [5.41, 5.74) is 2.32. The minimum atomic E-state index is -3.64. The lowest BCUT2D eigenvalue weighted by Crippen LogP contribution is -2.52. The van der Waals surface area contributed by atoms with Crippen molar-refractivity contribution in [3.63, 3.8) is 0 Å². The molecule has 0 unspecified atom stereocenters. The Balaban J connectivity index is 1.91. The molecule has 1 aromatic rings. The second-order valence-corrected chi connectivity index (χ2v) is 8.07. The van der Waals surface area contributed by atoms with Gasteiger partial charge in [-0.25, -0.2) is 5.14 Å². The summed E-state index contributed by atoms with van der Waals surface area (Å²) in [5, 5.41) is 5.15. The number of benzene rings is 1. The van der Waals surface area contributed by atoms with Gasteiger partial charge in [-0.1, -0.05) is 36.8 Å². The van der Waals surface area contributed by atoms with Gasteiger partial charge in [0.2, 0.25) is 5.91 Å². The summed E-state index contributed by atoms with van der Waals surface area (Å²) in [4.78, 5) is 16.5. The van der Waals surface area contributed by atoms with E-state index in [-0.39, 0.29) is 5.91 Å². The first-order valence-corrected chi connectivity index (χ1v) is 10.1. The molecule has 0 atom stereocenters. The van der Waals surface area contributed by atoms with Crippen molar-refractivity contribution >= 4 is 16.1 Å². The molecule has 1 fully saturated rings. The molecule has 2 N–H and O–H groups in total. The van der Waals surface area contributed by atoms with Gasteiger partial charge in [0.25, 0.3) is 10.2 Å². The third kappa shape index (κ3) is 6.07. The molecular weight excluding hydrogens is 340 g/mol. The Kier molecular flexibility index (Phi) is 6.95. The van der Waals surface area contributed by atoms with Gasteiger partial charge < -0.3 is 4.90 Å². The van der Waals surface area contributed by atoms with E-state index in [4.69, 9.17) is 5.14 Å². The molecule has 140 valence electrons. The zero-order valence-corrected chi connectivity index (χ0v) is 15.8. The van der Waals surface area contributed by atoms with Gasteiger partial charge in [0.15, 0.2) is 0 Å². The quantitative estimate of drug-likeness (QED) is 0.762. The largest absolute Gasteiger partial charge is 0.337 e. The fraction of sp³-hybridized carbons (Fsp3) is 0.588. The van der Waals surface area contributed by atoms with E-state index in [0.717, 1.165) is 12.0 Å². The van der Waals surface area contributed by atoms with Gasteiger partial charge in [-0.15, -0.1) is 0 Å². The van der Waals surface area contributed by atoms with Crippen LogP contribution in [0.25, 0.3) is 0 Å². The number of rotatable bonds is 7. The van der Waals surface area contributed by atoms with Crippen LogP contribution in [-0.2, 0) is 21.5 Å². The third-order valence-electron chi connectivity index (χ3n) is 4.39. The maximum absolute atomic E-state index is 12.7. The van der Waals surface area contributed by atoms with Gasteiger partial charge in [0, 0.05) is 39.3 Å². The van der Waals surface area contributed by atoms with E-state index in [1.54, 1.807) is 0 Å². The molecule has 1 amide bonds. The van der Waals surface area contributed by atoms with Crippen LogP contribution in [0.1, 0.15) is 24.5 Å². The first kappa shape index (κ1) is 19.8. The number of aryl methyl sites for hydroxylation is 1. The Bertz CT molecular complexity index is 668. The van der Waals surface area contributed by atoms with Crippen LogP contribution in [0.5, 0.6) is 0 Å². The summed E-state index contributed by atoms with van der Waals surface area (Å²) in [7, 11) is -3.64. The molecule has 0 radical (unpaired) electrons. The van der Waals surface area contributed by atoms with Crippen LogP contribution >= 0.6 is 0 Å². The Morgan fingerprint density at radius 2 is 1.76 bits per heavy atom. The lowest BCUT2D eigenvalue weighted by atomic mass is 10.1.